The highest BCUT2D eigenvalue weighted by Crippen LogP contribution is 2.41. The number of aromatic nitrogens is 5. The highest BCUT2D eigenvalue weighted by Gasteiger charge is 2.54. The maximum absolute atomic E-state index is 13.3. The number of carbonyl (C=O) groups excluding carboxylic acids is 2. The van der Waals surface area contributed by atoms with Crippen LogP contribution < -0.4 is 11.1 Å². The van der Waals surface area contributed by atoms with Gasteiger partial charge in [0.2, 0.25) is 5.16 Å². The fourth-order valence-corrected chi connectivity index (χ4v) is 7.16. The summed E-state index contributed by atoms with van der Waals surface area (Å²) in [7, 11) is 0. The fourth-order valence-electron chi connectivity index (χ4n) is 4.25. The number of carboxylic acid groups (broad SMARTS) is 2. The number of hydrogen-bond acceptors (Lipinski definition) is 16. The van der Waals surface area contributed by atoms with Gasteiger partial charge in [-0.2, -0.15) is 0 Å². The van der Waals surface area contributed by atoms with E-state index in [1.54, 1.807) is 0 Å². The van der Waals surface area contributed by atoms with E-state index in [-0.39, 0.29) is 45.0 Å². The van der Waals surface area contributed by atoms with Crippen LogP contribution >= 0.6 is 34.9 Å². The normalized spacial score (nSPS) is 21.9. The Bertz CT molecular complexity index is 1580. The molecule has 2 aliphatic heterocycles. The number of amides is 2. The molecule has 226 valence electrons. The van der Waals surface area contributed by atoms with E-state index in [4.69, 9.17) is 20.9 Å². The third kappa shape index (κ3) is 6.32. The van der Waals surface area contributed by atoms with Gasteiger partial charge in [-0.25, -0.2) is 19.3 Å². The number of hydrogen-bond donors (Lipinski definition) is 5. The molecule has 4 heterocycles. The molecule has 5 rings (SSSR count). The third-order valence-electron chi connectivity index (χ3n) is 6.31. The van der Waals surface area contributed by atoms with E-state index in [1.807, 2.05) is 12.2 Å². The second-order valence-corrected chi connectivity index (χ2v) is 12.0. The number of nitrogens with one attached hydrogen (secondary N) is 1. The van der Waals surface area contributed by atoms with E-state index in [9.17, 15) is 24.3 Å². The Morgan fingerprint density at radius 2 is 2.12 bits per heavy atom. The average Bonchev–Trinajstić information content (AvgIpc) is 3.76. The number of anilines is 1. The maximum atomic E-state index is 13.3. The highest BCUT2D eigenvalue weighted by atomic mass is 32.2. The van der Waals surface area contributed by atoms with E-state index < -0.39 is 47.4 Å². The molecule has 0 bridgehead atoms. The van der Waals surface area contributed by atoms with Gasteiger partial charge in [0.1, 0.15) is 28.9 Å². The molecule has 2 aromatic heterocycles. The predicted molar refractivity (Wildman–Crippen MR) is 151 cm³/mol. The molecule has 2 unspecified atom stereocenters. The first-order chi connectivity index (χ1) is 20.7. The lowest BCUT2D eigenvalue weighted by Crippen LogP contribution is -2.71. The zero-order valence-electron chi connectivity index (χ0n) is 21.8. The Kier molecular flexibility index (Phi) is 8.92. The topological polar surface area (TPSA) is 261 Å². The van der Waals surface area contributed by atoms with Crippen LogP contribution in [0, 0.1) is 0 Å². The summed E-state index contributed by atoms with van der Waals surface area (Å²) in [6.45, 7) is -0.435. The number of β-lactam (4-membered cyclic amide) rings is 1. The van der Waals surface area contributed by atoms with Crippen LogP contribution in [0.4, 0.5) is 5.13 Å². The lowest BCUT2D eigenvalue weighted by atomic mass is 10.0. The quantitative estimate of drug-likeness (QED) is 0.0488. The predicted octanol–water partition coefficient (Wildman–Crippen LogP) is -0.403. The summed E-state index contributed by atoms with van der Waals surface area (Å²) in [5, 5.41) is 49.4. The molecular weight excluding hydrogens is 629 g/mol. The molecule has 3 atom stereocenters. The van der Waals surface area contributed by atoms with E-state index >= 15 is 0 Å². The van der Waals surface area contributed by atoms with Crippen LogP contribution in [-0.4, -0.2) is 110 Å². The Morgan fingerprint density at radius 1 is 1.30 bits per heavy atom. The van der Waals surface area contributed by atoms with Gasteiger partial charge in [-0.1, -0.05) is 28.1 Å². The number of oxime groups is 2. The molecule has 0 radical (unpaired) electrons. The Balaban J connectivity index is 1.29. The molecule has 2 amide bonds. The first-order valence-electron chi connectivity index (χ1n) is 12.3. The number of carboxylic acids is 2. The number of nitrogen functional groups attached to an aromatic ring is 1. The number of aliphatic carboxylic acids is 2. The van der Waals surface area contributed by atoms with Crippen molar-refractivity contribution in [3.05, 3.63) is 34.5 Å². The molecule has 1 aliphatic carbocycles. The van der Waals surface area contributed by atoms with Crippen molar-refractivity contribution >= 4 is 75.2 Å². The standard InChI is InChI=1S/C22H22N10O8S3/c23-21-24-12(8-42-21)13(28-40-10-3-1-2-4-10)16(33)25-14-17(34)32-15(20(37)38)9(6-41-18(14)32)7-43-22-26-29-30-31(22)5-11(27-39)19(35)36/h1,3,8,10,14,18,39H,2,4-7H2,(H2,23,24)(H,25,33)(H,35,36)(H,37,38)/t10?,14?,18-/m0/s1. The number of thioether (sulfide) groups is 2. The SMILES string of the molecule is Nc1nc(C(=NOC2C=CCC2)C(=O)NC2C(=O)N3C(C(=O)O)=C(CSc4nnnn4CC(=NO)C(=O)O)CS[C@@H]23)cs1. The number of nitrogens with zero attached hydrogens (tertiary/aromatic N) is 8. The minimum absolute atomic E-state index is 0.0518. The van der Waals surface area contributed by atoms with Gasteiger partial charge in [0, 0.05) is 16.9 Å². The molecule has 1 saturated heterocycles. The number of carbonyl (C=O) groups is 4. The number of fused-ring (bicyclic) bond motifs is 1. The number of rotatable bonds is 12. The van der Waals surface area contributed by atoms with Crippen LogP contribution in [-0.2, 0) is 30.6 Å². The largest absolute Gasteiger partial charge is 0.477 e. The minimum atomic E-state index is -1.47. The van der Waals surface area contributed by atoms with Crippen LogP contribution in [0.2, 0.25) is 0 Å². The van der Waals surface area contributed by atoms with Crippen molar-refractivity contribution in [3.8, 4) is 0 Å². The number of allylic oxidation sites excluding steroid dienone is 1. The lowest BCUT2D eigenvalue weighted by Gasteiger charge is -2.49. The molecule has 21 heteroatoms. The average molecular weight is 651 g/mol. The van der Waals surface area contributed by atoms with Gasteiger partial charge in [0.25, 0.3) is 11.8 Å². The van der Waals surface area contributed by atoms with Gasteiger partial charge in [-0.15, -0.1) is 28.2 Å². The van der Waals surface area contributed by atoms with Gasteiger partial charge < -0.3 is 31.3 Å². The monoisotopic (exact) mass is 650 g/mol. The van der Waals surface area contributed by atoms with E-state index in [1.165, 1.54) is 17.1 Å². The molecule has 18 nitrogen and oxygen atoms in total. The first kappa shape index (κ1) is 30.0. The summed E-state index contributed by atoms with van der Waals surface area (Å²) in [5.74, 6) is -3.90. The summed E-state index contributed by atoms with van der Waals surface area (Å²) in [6.07, 6.45) is 4.98. The maximum Gasteiger partial charge on any atom is 0.355 e. The van der Waals surface area contributed by atoms with E-state index in [0.29, 0.717) is 12.0 Å². The van der Waals surface area contributed by atoms with Crippen LogP contribution in [0.3, 0.4) is 0 Å². The van der Waals surface area contributed by atoms with Crippen molar-refractivity contribution in [2.24, 2.45) is 10.3 Å². The van der Waals surface area contributed by atoms with Gasteiger partial charge in [0.05, 0.1) is 6.54 Å². The minimum Gasteiger partial charge on any atom is -0.477 e. The molecular formula is C22H22N10O8S3. The second-order valence-electron chi connectivity index (χ2n) is 9.04. The van der Waals surface area contributed by atoms with Crippen molar-refractivity contribution < 1.29 is 39.4 Å². The van der Waals surface area contributed by atoms with Crippen molar-refractivity contribution in [3.63, 3.8) is 0 Å². The van der Waals surface area contributed by atoms with Crippen LogP contribution in [0.25, 0.3) is 0 Å². The Hall–Kier alpha value is -4.50. The highest BCUT2D eigenvalue weighted by molar-refractivity contribution is 8.01. The lowest BCUT2D eigenvalue weighted by molar-refractivity contribution is -0.150. The van der Waals surface area contributed by atoms with Crippen LogP contribution in [0.15, 0.2) is 44.3 Å². The number of tetrazole rings is 1. The molecule has 0 aromatic carbocycles. The Morgan fingerprint density at radius 3 is 2.77 bits per heavy atom. The molecule has 6 N–H and O–H groups in total. The van der Waals surface area contributed by atoms with Crippen LogP contribution in [0.1, 0.15) is 18.5 Å². The zero-order chi connectivity index (χ0) is 30.7. The Labute approximate surface area is 253 Å². The van der Waals surface area contributed by atoms with Crippen LogP contribution in [0.5, 0.6) is 0 Å². The summed E-state index contributed by atoms with van der Waals surface area (Å²) in [6, 6.07) is -1.03. The second kappa shape index (κ2) is 12.8. The van der Waals surface area contributed by atoms with E-state index in [0.717, 1.165) is 39.1 Å². The van der Waals surface area contributed by atoms with Crippen molar-refractivity contribution in [1.29, 1.82) is 0 Å². The number of thiazole rings is 1. The molecule has 3 aliphatic rings. The third-order valence-corrected chi connectivity index (χ3v) is 9.36. The molecule has 43 heavy (non-hydrogen) atoms. The molecule has 1 fully saturated rings. The fraction of sp³-hybridized carbons (Fsp3) is 0.364. The number of nitrogens with two attached hydrogens (primary N) is 1. The van der Waals surface area contributed by atoms with Crippen molar-refractivity contribution in [2.45, 2.75) is 42.1 Å². The van der Waals surface area contributed by atoms with Gasteiger partial charge in [-0.3, -0.25) is 14.5 Å². The van der Waals surface area contributed by atoms with Crippen molar-refractivity contribution in [2.75, 3.05) is 17.2 Å². The summed E-state index contributed by atoms with van der Waals surface area (Å²) < 4.78 is 1.08. The molecule has 0 spiro atoms. The smallest absolute Gasteiger partial charge is 0.355 e. The van der Waals surface area contributed by atoms with Gasteiger partial charge in [-0.05, 0) is 34.9 Å². The summed E-state index contributed by atoms with van der Waals surface area (Å²) >= 11 is 3.37. The van der Waals surface area contributed by atoms with Crippen molar-refractivity contribution in [1.82, 2.24) is 35.4 Å². The van der Waals surface area contributed by atoms with E-state index in [2.05, 4.69) is 36.1 Å². The summed E-state index contributed by atoms with van der Waals surface area (Å²) in [4.78, 5) is 60.5. The molecule has 2 aromatic rings. The summed E-state index contributed by atoms with van der Waals surface area (Å²) in [5.41, 5.74) is 5.29. The van der Waals surface area contributed by atoms with Gasteiger partial charge in [0.15, 0.2) is 16.6 Å². The first-order valence-corrected chi connectivity index (χ1v) is 15.2. The van der Waals surface area contributed by atoms with Gasteiger partial charge >= 0.3 is 11.9 Å². The molecule has 0 saturated carbocycles. The zero-order valence-corrected chi connectivity index (χ0v) is 24.2.